The van der Waals surface area contributed by atoms with E-state index in [4.69, 9.17) is 4.74 Å². The van der Waals surface area contributed by atoms with Gasteiger partial charge < -0.3 is 15.4 Å². The maximum atomic E-state index is 12.4. The molecule has 1 aromatic heterocycles. The minimum atomic E-state index is -0.576. The number of nitrogens with zero attached hydrogens (tertiary/aromatic N) is 1. The number of rotatable bonds is 6. The quantitative estimate of drug-likeness (QED) is 0.635. The highest BCUT2D eigenvalue weighted by atomic mass is 32.1. The van der Waals surface area contributed by atoms with Gasteiger partial charge in [-0.2, -0.15) is 0 Å². The highest BCUT2D eigenvalue weighted by Crippen LogP contribution is 2.31. The molecule has 6 nitrogen and oxygen atoms in total. The first-order valence-electron chi connectivity index (χ1n) is 8.03. The lowest BCUT2D eigenvalue weighted by atomic mass is 10.2. The van der Waals surface area contributed by atoms with Crippen molar-refractivity contribution in [3.05, 3.63) is 71.9 Å². The summed E-state index contributed by atoms with van der Waals surface area (Å²) >= 11 is 1.18. The molecule has 0 unspecified atom stereocenters. The van der Waals surface area contributed by atoms with Crippen LogP contribution in [0.1, 0.15) is 27.8 Å². The Kier molecular flexibility index (Phi) is 5.60. The van der Waals surface area contributed by atoms with E-state index in [-0.39, 0.29) is 18.2 Å². The second-order valence-electron chi connectivity index (χ2n) is 5.23. The fourth-order valence-electron chi connectivity index (χ4n) is 2.21. The number of nitrogens with one attached hydrogen (secondary N) is 2. The number of ether oxygens (including phenoxy) is 1. The summed E-state index contributed by atoms with van der Waals surface area (Å²) in [5.41, 5.74) is 1.41. The van der Waals surface area contributed by atoms with Crippen molar-refractivity contribution in [2.75, 3.05) is 17.2 Å². The Hall–Kier alpha value is -3.19. The summed E-state index contributed by atoms with van der Waals surface area (Å²) in [5.74, 6) is -0.890. The standard InChI is InChI=1S/C19H17N3O3S/c1-2-25-18(24)15-17(22-16(23)13-9-5-3-6-10-13)26-19(21-15)20-14-11-7-4-8-12-14/h3-12H,2H2,1H3,(H,20,21)(H,22,23). The zero-order valence-corrected chi connectivity index (χ0v) is 14.9. The molecular weight excluding hydrogens is 350 g/mol. The number of hydrogen-bond acceptors (Lipinski definition) is 6. The molecule has 0 aliphatic carbocycles. The molecule has 0 aliphatic heterocycles. The molecule has 1 amide bonds. The normalized spacial score (nSPS) is 10.2. The molecule has 7 heteroatoms. The van der Waals surface area contributed by atoms with Gasteiger partial charge in [0.1, 0.15) is 5.00 Å². The molecule has 132 valence electrons. The van der Waals surface area contributed by atoms with E-state index in [1.807, 2.05) is 36.4 Å². The van der Waals surface area contributed by atoms with E-state index in [9.17, 15) is 9.59 Å². The lowest BCUT2D eigenvalue weighted by molar-refractivity contribution is 0.0521. The van der Waals surface area contributed by atoms with Crippen molar-refractivity contribution in [1.82, 2.24) is 4.98 Å². The van der Waals surface area contributed by atoms with Crippen LogP contribution in [0.2, 0.25) is 0 Å². The van der Waals surface area contributed by atoms with Crippen LogP contribution in [-0.2, 0) is 4.74 Å². The van der Waals surface area contributed by atoms with Crippen molar-refractivity contribution in [3.63, 3.8) is 0 Å². The summed E-state index contributed by atoms with van der Waals surface area (Å²) in [5, 5.41) is 6.70. The molecule has 0 saturated heterocycles. The smallest absolute Gasteiger partial charge is 0.360 e. The van der Waals surface area contributed by atoms with Gasteiger partial charge in [-0.25, -0.2) is 9.78 Å². The number of para-hydroxylation sites is 1. The fourth-order valence-corrected chi connectivity index (χ4v) is 3.07. The molecule has 0 spiro atoms. The first-order valence-corrected chi connectivity index (χ1v) is 8.85. The minimum Gasteiger partial charge on any atom is -0.461 e. The third kappa shape index (κ3) is 4.25. The molecule has 2 N–H and O–H groups in total. The molecule has 2 aromatic carbocycles. The zero-order chi connectivity index (χ0) is 18.4. The fraction of sp³-hybridized carbons (Fsp3) is 0.105. The van der Waals surface area contributed by atoms with Crippen molar-refractivity contribution in [2.24, 2.45) is 0 Å². The Balaban J connectivity index is 1.86. The first kappa shape index (κ1) is 17.6. The van der Waals surface area contributed by atoms with Gasteiger partial charge in [0, 0.05) is 11.3 Å². The lowest BCUT2D eigenvalue weighted by Gasteiger charge is -2.04. The van der Waals surface area contributed by atoms with Gasteiger partial charge in [-0.05, 0) is 31.2 Å². The predicted octanol–water partition coefficient (Wildman–Crippen LogP) is 4.32. The highest BCUT2D eigenvalue weighted by molar-refractivity contribution is 7.20. The summed E-state index contributed by atoms with van der Waals surface area (Å²) in [4.78, 5) is 28.9. The Labute approximate surface area is 154 Å². The Bertz CT molecular complexity index is 895. The van der Waals surface area contributed by atoms with Gasteiger partial charge in [0.25, 0.3) is 5.91 Å². The number of benzene rings is 2. The molecule has 0 aliphatic rings. The summed E-state index contributed by atoms with van der Waals surface area (Å²) < 4.78 is 5.05. The number of esters is 1. The number of thiazole rings is 1. The van der Waals surface area contributed by atoms with E-state index >= 15 is 0 Å². The second kappa shape index (κ2) is 8.26. The number of carbonyl (C=O) groups excluding carboxylic acids is 2. The highest BCUT2D eigenvalue weighted by Gasteiger charge is 2.21. The SMILES string of the molecule is CCOC(=O)c1nc(Nc2ccccc2)sc1NC(=O)c1ccccc1. The summed E-state index contributed by atoms with van der Waals surface area (Å²) in [7, 11) is 0. The van der Waals surface area contributed by atoms with Crippen LogP contribution in [0.4, 0.5) is 15.8 Å². The summed E-state index contributed by atoms with van der Waals surface area (Å²) in [6.07, 6.45) is 0. The molecule has 26 heavy (non-hydrogen) atoms. The topological polar surface area (TPSA) is 80.3 Å². The Morgan fingerprint density at radius 1 is 1.04 bits per heavy atom. The van der Waals surface area contributed by atoms with E-state index in [1.54, 1.807) is 31.2 Å². The largest absolute Gasteiger partial charge is 0.461 e. The molecule has 0 radical (unpaired) electrons. The van der Waals surface area contributed by atoms with E-state index < -0.39 is 5.97 Å². The molecule has 0 fully saturated rings. The van der Waals surface area contributed by atoms with Crippen molar-refractivity contribution in [3.8, 4) is 0 Å². The van der Waals surface area contributed by atoms with Crippen LogP contribution in [0.15, 0.2) is 60.7 Å². The predicted molar refractivity (Wildman–Crippen MR) is 102 cm³/mol. The van der Waals surface area contributed by atoms with E-state index in [1.165, 1.54) is 11.3 Å². The van der Waals surface area contributed by atoms with Gasteiger partial charge in [-0.15, -0.1) is 0 Å². The molecule has 3 rings (SSSR count). The van der Waals surface area contributed by atoms with Gasteiger partial charge in [-0.3, -0.25) is 4.79 Å². The Morgan fingerprint density at radius 2 is 1.69 bits per heavy atom. The third-order valence-corrected chi connectivity index (χ3v) is 4.27. The van der Waals surface area contributed by atoms with Gasteiger partial charge in [-0.1, -0.05) is 47.7 Å². The van der Waals surface area contributed by atoms with Crippen LogP contribution in [0.5, 0.6) is 0 Å². The Morgan fingerprint density at radius 3 is 2.35 bits per heavy atom. The van der Waals surface area contributed by atoms with Crippen LogP contribution in [0, 0.1) is 0 Å². The monoisotopic (exact) mass is 367 g/mol. The first-order chi connectivity index (χ1) is 12.7. The maximum absolute atomic E-state index is 12.4. The number of aromatic nitrogens is 1. The van der Waals surface area contributed by atoms with Crippen molar-refractivity contribution < 1.29 is 14.3 Å². The number of carbonyl (C=O) groups is 2. The number of hydrogen-bond donors (Lipinski definition) is 2. The lowest BCUT2D eigenvalue weighted by Crippen LogP contribution is -2.14. The van der Waals surface area contributed by atoms with Crippen LogP contribution in [0.25, 0.3) is 0 Å². The van der Waals surface area contributed by atoms with Gasteiger partial charge in [0.15, 0.2) is 10.8 Å². The maximum Gasteiger partial charge on any atom is 0.360 e. The molecule has 0 saturated carbocycles. The van der Waals surface area contributed by atoms with E-state index in [2.05, 4.69) is 15.6 Å². The molecule has 3 aromatic rings. The van der Waals surface area contributed by atoms with Crippen LogP contribution < -0.4 is 10.6 Å². The van der Waals surface area contributed by atoms with Crippen molar-refractivity contribution in [1.29, 1.82) is 0 Å². The van der Waals surface area contributed by atoms with Gasteiger partial charge in [0.2, 0.25) is 0 Å². The van der Waals surface area contributed by atoms with Gasteiger partial charge in [0.05, 0.1) is 6.61 Å². The molecule has 1 heterocycles. The molecular formula is C19H17N3O3S. The average molecular weight is 367 g/mol. The minimum absolute atomic E-state index is 0.0829. The zero-order valence-electron chi connectivity index (χ0n) is 14.1. The number of anilines is 3. The van der Waals surface area contributed by atoms with Crippen LogP contribution in [0.3, 0.4) is 0 Å². The van der Waals surface area contributed by atoms with Crippen molar-refractivity contribution in [2.45, 2.75) is 6.92 Å². The van der Waals surface area contributed by atoms with E-state index in [0.717, 1.165) is 5.69 Å². The summed E-state index contributed by atoms with van der Waals surface area (Å²) in [6, 6.07) is 18.2. The third-order valence-electron chi connectivity index (χ3n) is 3.38. The van der Waals surface area contributed by atoms with Crippen LogP contribution in [-0.4, -0.2) is 23.5 Å². The average Bonchev–Trinajstić information content (AvgIpc) is 3.05. The van der Waals surface area contributed by atoms with Crippen LogP contribution >= 0.6 is 11.3 Å². The van der Waals surface area contributed by atoms with E-state index in [0.29, 0.717) is 15.7 Å². The van der Waals surface area contributed by atoms with Gasteiger partial charge >= 0.3 is 5.97 Å². The van der Waals surface area contributed by atoms with Crippen molar-refractivity contribution >= 4 is 39.0 Å². The second-order valence-corrected chi connectivity index (χ2v) is 6.23. The number of amides is 1. The molecule has 0 bridgehead atoms. The summed E-state index contributed by atoms with van der Waals surface area (Å²) in [6.45, 7) is 1.94. The molecule has 0 atom stereocenters.